The van der Waals surface area contributed by atoms with Crippen molar-refractivity contribution in [1.82, 2.24) is 10.2 Å². The number of carbonyl (C=O) groups excluding carboxylic acids is 2. The summed E-state index contributed by atoms with van der Waals surface area (Å²) in [6.45, 7) is 4.39. The maximum atomic E-state index is 13.3. The van der Waals surface area contributed by atoms with E-state index in [2.05, 4.69) is 16.0 Å². The maximum Gasteiger partial charge on any atom is 0.337 e. The number of hydrogen-bond donors (Lipinski definition) is 3. The monoisotopic (exact) mass is 476 g/mol. The Labute approximate surface area is 195 Å². The number of halogens is 2. The number of thiocarbonyl (C=S) groups is 1. The highest BCUT2D eigenvalue weighted by atomic mass is 35.5. The molecule has 3 N–H and O–H groups in total. The van der Waals surface area contributed by atoms with Crippen molar-refractivity contribution >= 4 is 52.3 Å². The van der Waals surface area contributed by atoms with Gasteiger partial charge in [0.05, 0.1) is 23.7 Å². The lowest BCUT2D eigenvalue weighted by atomic mass is 9.95. The van der Waals surface area contributed by atoms with Crippen LogP contribution in [0.4, 0.5) is 20.6 Å². The molecule has 3 rings (SSSR count). The van der Waals surface area contributed by atoms with Crippen LogP contribution in [0, 0.1) is 5.82 Å². The SMILES string of the molecule is CCN1C(=S)NC(c2ccc(NC(=O)Nc3ccc(F)c(Cl)c3)cc2)C(C(=O)OC)=C1C. The minimum atomic E-state index is -0.568. The lowest BCUT2D eigenvalue weighted by Gasteiger charge is -2.36. The van der Waals surface area contributed by atoms with Gasteiger partial charge in [-0.25, -0.2) is 14.0 Å². The molecule has 0 saturated heterocycles. The van der Waals surface area contributed by atoms with Crippen molar-refractivity contribution in [2.75, 3.05) is 24.3 Å². The number of esters is 1. The van der Waals surface area contributed by atoms with E-state index < -0.39 is 23.9 Å². The fourth-order valence-electron chi connectivity index (χ4n) is 3.41. The molecule has 0 saturated carbocycles. The van der Waals surface area contributed by atoms with Gasteiger partial charge in [0.15, 0.2) is 5.11 Å². The topological polar surface area (TPSA) is 82.7 Å². The smallest absolute Gasteiger partial charge is 0.337 e. The molecule has 0 radical (unpaired) electrons. The lowest BCUT2D eigenvalue weighted by Crippen LogP contribution is -2.47. The van der Waals surface area contributed by atoms with Gasteiger partial charge in [0.1, 0.15) is 5.82 Å². The third-order valence-electron chi connectivity index (χ3n) is 5.00. The predicted molar refractivity (Wildman–Crippen MR) is 126 cm³/mol. The zero-order valence-corrected chi connectivity index (χ0v) is 19.2. The number of benzene rings is 2. The largest absolute Gasteiger partial charge is 0.466 e. The Hall–Kier alpha value is -3.17. The van der Waals surface area contributed by atoms with Gasteiger partial charge >= 0.3 is 12.0 Å². The van der Waals surface area contributed by atoms with Crippen LogP contribution in [0.25, 0.3) is 0 Å². The molecule has 32 heavy (non-hydrogen) atoms. The molecule has 168 valence electrons. The van der Waals surface area contributed by atoms with Crippen LogP contribution in [-0.4, -0.2) is 35.7 Å². The lowest BCUT2D eigenvalue weighted by molar-refractivity contribution is -0.136. The van der Waals surface area contributed by atoms with E-state index >= 15 is 0 Å². The van der Waals surface area contributed by atoms with Crippen LogP contribution in [0.2, 0.25) is 5.02 Å². The number of amides is 2. The first-order valence-electron chi connectivity index (χ1n) is 9.75. The Kier molecular flexibility index (Phi) is 7.32. The highest BCUT2D eigenvalue weighted by Gasteiger charge is 2.33. The molecule has 1 aliphatic heterocycles. The van der Waals surface area contributed by atoms with Crippen molar-refractivity contribution in [3.05, 3.63) is 70.1 Å². The highest BCUT2D eigenvalue weighted by Crippen LogP contribution is 2.31. The summed E-state index contributed by atoms with van der Waals surface area (Å²) >= 11 is 11.2. The van der Waals surface area contributed by atoms with Gasteiger partial charge in [0.2, 0.25) is 0 Å². The molecule has 7 nitrogen and oxygen atoms in total. The average molecular weight is 477 g/mol. The van der Waals surface area contributed by atoms with Gasteiger partial charge in [-0.1, -0.05) is 23.7 Å². The van der Waals surface area contributed by atoms with E-state index in [0.717, 1.165) is 11.3 Å². The van der Waals surface area contributed by atoms with Gasteiger partial charge in [-0.05, 0) is 62.0 Å². The van der Waals surface area contributed by atoms with Gasteiger partial charge in [-0.3, -0.25) is 0 Å². The summed E-state index contributed by atoms with van der Waals surface area (Å²) in [5.41, 5.74) is 2.85. The maximum absolute atomic E-state index is 13.3. The number of hydrogen-bond acceptors (Lipinski definition) is 4. The summed E-state index contributed by atoms with van der Waals surface area (Å²) < 4.78 is 18.2. The number of allylic oxidation sites excluding steroid dienone is 1. The molecule has 2 aromatic rings. The Bertz CT molecular complexity index is 1090. The summed E-state index contributed by atoms with van der Waals surface area (Å²) in [5.74, 6) is -1.01. The van der Waals surface area contributed by atoms with E-state index in [1.807, 2.05) is 18.7 Å². The first-order chi connectivity index (χ1) is 15.2. The van der Waals surface area contributed by atoms with Crippen molar-refractivity contribution in [3.8, 4) is 0 Å². The summed E-state index contributed by atoms with van der Waals surface area (Å²) in [4.78, 5) is 26.5. The second-order valence-corrected chi connectivity index (χ2v) is 7.74. The van der Waals surface area contributed by atoms with E-state index in [1.54, 1.807) is 24.3 Å². The quantitative estimate of drug-likeness (QED) is 0.424. The first-order valence-corrected chi connectivity index (χ1v) is 10.5. The van der Waals surface area contributed by atoms with Crippen LogP contribution >= 0.6 is 23.8 Å². The number of carbonyl (C=O) groups is 2. The Morgan fingerprint density at radius 1 is 1.19 bits per heavy atom. The fourth-order valence-corrected chi connectivity index (χ4v) is 3.98. The fraction of sp³-hybridized carbons (Fsp3) is 0.227. The number of urea groups is 1. The molecule has 0 aromatic heterocycles. The standard InChI is InChI=1S/C22H22ClFN4O3S/c1-4-28-12(2)18(20(29)31-3)19(27-22(28)32)13-5-7-14(8-6-13)25-21(30)26-15-9-10-17(24)16(23)11-15/h5-11,19H,4H2,1-3H3,(H,27,32)(H2,25,26,30). The zero-order valence-electron chi connectivity index (χ0n) is 17.7. The van der Waals surface area contributed by atoms with E-state index in [1.165, 1.54) is 25.3 Å². The van der Waals surface area contributed by atoms with Crippen molar-refractivity contribution in [3.63, 3.8) is 0 Å². The van der Waals surface area contributed by atoms with Gasteiger partial charge < -0.3 is 25.6 Å². The summed E-state index contributed by atoms with van der Waals surface area (Å²) in [7, 11) is 1.34. The van der Waals surface area contributed by atoms with Gasteiger partial charge in [0, 0.05) is 23.6 Å². The number of methoxy groups -OCH3 is 1. The molecular formula is C22H22ClFN4O3S. The third kappa shape index (κ3) is 5.00. The number of nitrogens with one attached hydrogen (secondary N) is 3. The molecule has 0 fully saturated rings. The van der Waals surface area contributed by atoms with Crippen molar-refractivity contribution in [2.24, 2.45) is 0 Å². The molecule has 2 amide bonds. The number of ether oxygens (including phenoxy) is 1. The minimum Gasteiger partial charge on any atom is -0.466 e. The van der Waals surface area contributed by atoms with Crippen LogP contribution in [-0.2, 0) is 9.53 Å². The third-order valence-corrected chi connectivity index (χ3v) is 5.63. The predicted octanol–water partition coefficient (Wildman–Crippen LogP) is 4.82. The van der Waals surface area contributed by atoms with E-state index in [0.29, 0.717) is 28.6 Å². The second kappa shape index (κ2) is 9.97. The molecule has 1 heterocycles. The highest BCUT2D eigenvalue weighted by molar-refractivity contribution is 7.80. The summed E-state index contributed by atoms with van der Waals surface area (Å²) in [6.07, 6.45) is 0. The van der Waals surface area contributed by atoms with Gasteiger partial charge in [-0.2, -0.15) is 0 Å². The molecule has 1 aliphatic rings. The summed E-state index contributed by atoms with van der Waals surface area (Å²) in [6, 6.07) is 9.86. The second-order valence-electron chi connectivity index (χ2n) is 6.95. The molecule has 10 heteroatoms. The Morgan fingerprint density at radius 3 is 2.41 bits per heavy atom. The van der Waals surface area contributed by atoms with E-state index in [-0.39, 0.29) is 5.02 Å². The van der Waals surface area contributed by atoms with Gasteiger partial charge in [0.25, 0.3) is 0 Å². The van der Waals surface area contributed by atoms with Crippen molar-refractivity contribution in [1.29, 1.82) is 0 Å². The van der Waals surface area contributed by atoms with Crippen LogP contribution in [0.3, 0.4) is 0 Å². The molecular weight excluding hydrogens is 455 g/mol. The molecule has 1 unspecified atom stereocenters. The van der Waals surface area contributed by atoms with Crippen molar-refractivity contribution in [2.45, 2.75) is 19.9 Å². The number of anilines is 2. The van der Waals surface area contributed by atoms with Crippen LogP contribution < -0.4 is 16.0 Å². The van der Waals surface area contributed by atoms with Crippen LogP contribution in [0.5, 0.6) is 0 Å². The normalized spacial score (nSPS) is 15.8. The Balaban J connectivity index is 1.77. The molecule has 2 aromatic carbocycles. The summed E-state index contributed by atoms with van der Waals surface area (Å²) in [5, 5.41) is 8.89. The van der Waals surface area contributed by atoms with Crippen LogP contribution in [0.1, 0.15) is 25.5 Å². The van der Waals surface area contributed by atoms with Crippen LogP contribution in [0.15, 0.2) is 53.7 Å². The number of rotatable bonds is 5. The Morgan fingerprint density at radius 2 is 1.81 bits per heavy atom. The van der Waals surface area contributed by atoms with E-state index in [4.69, 9.17) is 28.6 Å². The molecule has 0 bridgehead atoms. The van der Waals surface area contributed by atoms with E-state index in [9.17, 15) is 14.0 Å². The zero-order chi connectivity index (χ0) is 23.4. The average Bonchev–Trinajstić information content (AvgIpc) is 2.76. The molecule has 1 atom stereocenters. The number of nitrogens with zero attached hydrogens (tertiary/aromatic N) is 1. The minimum absolute atomic E-state index is 0.0866. The first kappa shape index (κ1) is 23.5. The molecule has 0 spiro atoms. The van der Waals surface area contributed by atoms with Crippen molar-refractivity contribution < 1.29 is 18.7 Å². The van der Waals surface area contributed by atoms with Gasteiger partial charge in [-0.15, -0.1) is 0 Å². The molecule has 0 aliphatic carbocycles.